The molecule has 0 unspecified atom stereocenters. The molecule has 0 amide bonds. The van der Waals surface area contributed by atoms with E-state index in [-0.39, 0.29) is 0 Å². The van der Waals surface area contributed by atoms with Gasteiger partial charge in [0.15, 0.2) is 0 Å². The topological polar surface area (TPSA) is 29.9 Å². The lowest BCUT2D eigenvalue weighted by Crippen LogP contribution is -1.81. The molecular formula is C10H7N2. The van der Waals surface area contributed by atoms with Gasteiger partial charge in [-0.05, 0) is 24.3 Å². The van der Waals surface area contributed by atoms with Crippen molar-refractivity contribution < 1.29 is 0 Å². The molecule has 0 atom stereocenters. The fourth-order valence-electron chi connectivity index (χ4n) is 1.55. The van der Waals surface area contributed by atoms with Gasteiger partial charge in [-0.2, -0.15) is 0 Å². The monoisotopic (exact) mass is 155 g/mol. The number of rotatable bonds is 0. The Morgan fingerprint density at radius 1 is 1.25 bits per heavy atom. The molecule has 3 rings (SSSR count). The van der Waals surface area contributed by atoms with Crippen LogP contribution in [0.15, 0.2) is 30.6 Å². The normalized spacial score (nSPS) is 13.3. The third kappa shape index (κ3) is 0.639. The maximum atomic E-state index is 4.23. The van der Waals surface area contributed by atoms with Crippen molar-refractivity contribution in [3.05, 3.63) is 36.2 Å². The molecule has 1 aromatic heterocycles. The molecule has 0 saturated heterocycles. The maximum absolute atomic E-state index is 4.23. The predicted molar refractivity (Wildman–Crippen MR) is 49.1 cm³/mol. The first-order valence-electron chi connectivity index (χ1n) is 3.92. The minimum Gasteiger partial charge on any atom is -0.361 e. The lowest BCUT2D eigenvalue weighted by atomic mass is 10.1. The number of aromatic nitrogens is 1. The van der Waals surface area contributed by atoms with Gasteiger partial charge in [0.1, 0.15) is 0 Å². The molecule has 57 valence electrons. The van der Waals surface area contributed by atoms with E-state index in [1.165, 1.54) is 16.5 Å². The van der Waals surface area contributed by atoms with Crippen molar-refractivity contribution >= 4 is 22.7 Å². The summed E-state index contributed by atoms with van der Waals surface area (Å²) in [6, 6.07) is 6.28. The van der Waals surface area contributed by atoms with Gasteiger partial charge in [-0.3, -0.25) is 5.32 Å². The number of nitrogens with zero attached hydrogens (tertiary/aromatic N) is 1. The molecule has 1 aliphatic heterocycles. The van der Waals surface area contributed by atoms with E-state index in [1.54, 1.807) is 0 Å². The summed E-state index contributed by atoms with van der Waals surface area (Å²) in [6.45, 7) is 0. The number of H-pyrrole nitrogens is 1. The molecule has 1 N–H and O–H groups in total. The van der Waals surface area contributed by atoms with Gasteiger partial charge in [-0.1, -0.05) is 0 Å². The molecule has 0 aliphatic carbocycles. The highest BCUT2D eigenvalue weighted by molar-refractivity contribution is 5.88. The fraction of sp³-hybridized carbons (Fsp3) is 0. The summed E-state index contributed by atoms with van der Waals surface area (Å²) in [7, 11) is 0. The first-order valence-corrected chi connectivity index (χ1v) is 3.92. The van der Waals surface area contributed by atoms with E-state index in [0.29, 0.717) is 0 Å². The van der Waals surface area contributed by atoms with E-state index in [9.17, 15) is 0 Å². The third-order valence-electron chi connectivity index (χ3n) is 2.17. The molecule has 0 saturated carbocycles. The molecule has 2 heteroatoms. The molecule has 1 aromatic carbocycles. The minimum absolute atomic E-state index is 1.07. The number of benzene rings is 1. The SMILES string of the molecule is C1=Cc2cc3[nH]ccc3cc2[N]1. The Morgan fingerprint density at radius 3 is 3.25 bits per heavy atom. The summed E-state index contributed by atoms with van der Waals surface area (Å²) < 4.78 is 0. The van der Waals surface area contributed by atoms with Gasteiger partial charge in [-0.25, -0.2) is 0 Å². The number of nitrogens with one attached hydrogen (secondary N) is 1. The van der Waals surface area contributed by atoms with E-state index < -0.39 is 0 Å². The predicted octanol–water partition coefficient (Wildman–Crippen LogP) is 2.39. The Bertz CT molecular complexity index is 466. The lowest BCUT2D eigenvalue weighted by Gasteiger charge is -1.96. The van der Waals surface area contributed by atoms with Crippen LogP contribution in [-0.2, 0) is 0 Å². The van der Waals surface area contributed by atoms with E-state index >= 15 is 0 Å². The number of hydrogen-bond acceptors (Lipinski definition) is 0. The van der Waals surface area contributed by atoms with Crippen LogP contribution >= 0.6 is 0 Å². The summed E-state index contributed by atoms with van der Waals surface area (Å²) >= 11 is 0. The quantitative estimate of drug-likeness (QED) is 0.605. The van der Waals surface area contributed by atoms with Crippen molar-refractivity contribution in [3.8, 4) is 0 Å². The van der Waals surface area contributed by atoms with Crippen LogP contribution in [0.5, 0.6) is 0 Å². The van der Waals surface area contributed by atoms with E-state index in [0.717, 1.165) is 5.69 Å². The summed E-state index contributed by atoms with van der Waals surface area (Å²) in [6.07, 6.45) is 5.81. The van der Waals surface area contributed by atoms with Crippen molar-refractivity contribution in [2.45, 2.75) is 0 Å². The van der Waals surface area contributed by atoms with Crippen LogP contribution in [0.2, 0.25) is 0 Å². The van der Waals surface area contributed by atoms with Gasteiger partial charge < -0.3 is 4.98 Å². The molecule has 2 aromatic rings. The van der Waals surface area contributed by atoms with Gasteiger partial charge >= 0.3 is 0 Å². The Hall–Kier alpha value is -1.70. The van der Waals surface area contributed by atoms with Crippen molar-refractivity contribution in [3.63, 3.8) is 0 Å². The third-order valence-corrected chi connectivity index (χ3v) is 2.17. The van der Waals surface area contributed by atoms with Crippen LogP contribution in [0.3, 0.4) is 0 Å². The smallest absolute Gasteiger partial charge is 0.0710 e. The summed E-state index contributed by atoms with van der Waals surface area (Å²) in [5, 5.41) is 5.46. The van der Waals surface area contributed by atoms with Gasteiger partial charge in [0, 0.05) is 28.9 Å². The Balaban J connectivity index is 2.43. The van der Waals surface area contributed by atoms with Crippen LogP contribution in [0, 0.1) is 0 Å². The van der Waals surface area contributed by atoms with Gasteiger partial charge in [-0.15, -0.1) is 0 Å². The molecule has 2 nitrogen and oxygen atoms in total. The van der Waals surface area contributed by atoms with Crippen molar-refractivity contribution in [1.29, 1.82) is 0 Å². The zero-order valence-corrected chi connectivity index (χ0v) is 6.41. The molecule has 0 bridgehead atoms. The van der Waals surface area contributed by atoms with E-state index in [2.05, 4.69) is 28.5 Å². The molecule has 2 heterocycles. The molecule has 12 heavy (non-hydrogen) atoms. The van der Waals surface area contributed by atoms with E-state index in [1.807, 2.05) is 18.5 Å². The van der Waals surface area contributed by atoms with Crippen molar-refractivity contribution in [1.82, 2.24) is 10.3 Å². The molecule has 1 aliphatic rings. The fourth-order valence-corrected chi connectivity index (χ4v) is 1.55. The van der Waals surface area contributed by atoms with Crippen LogP contribution in [-0.4, -0.2) is 4.98 Å². The average Bonchev–Trinajstić information content (AvgIpc) is 2.64. The highest BCUT2D eigenvalue weighted by atomic mass is 14.9. The van der Waals surface area contributed by atoms with Gasteiger partial charge in [0.2, 0.25) is 0 Å². The van der Waals surface area contributed by atoms with Crippen molar-refractivity contribution in [2.24, 2.45) is 0 Å². The highest BCUT2D eigenvalue weighted by Crippen LogP contribution is 2.27. The minimum atomic E-state index is 1.07. The molecular weight excluding hydrogens is 148 g/mol. The van der Waals surface area contributed by atoms with Gasteiger partial charge in [0.25, 0.3) is 0 Å². The standard InChI is InChI=1S/C10H7N2/c1-3-11-9-6-8-2-4-12-10(8)5-7(1)9/h1-6,11H. The van der Waals surface area contributed by atoms with Crippen LogP contribution in [0.25, 0.3) is 17.0 Å². The first-order chi connectivity index (χ1) is 5.93. The second-order valence-corrected chi connectivity index (χ2v) is 2.92. The second-order valence-electron chi connectivity index (χ2n) is 2.92. The largest absolute Gasteiger partial charge is 0.361 e. The summed E-state index contributed by atoms with van der Waals surface area (Å²) in [4.78, 5) is 3.17. The van der Waals surface area contributed by atoms with Crippen LogP contribution in [0.4, 0.5) is 5.69 Å². The Morgan fingerprint density at radius 2 is 2.25 bits per heavy atom. The number of hydrogen-bond donors (Lipinski definition) is 1. The molecule has 1 radical (unpaired) electrons. The first kappa shape index (κ1) is 5.89. The summed E-state index contributed by atoms with van der Waals surface area (Å²) in [5.41, 5.74) is 3.45. The number of fused-ring (bicyclic) bond motifs is 2. The number of aromatic amines is 1. The van der Waals surface area contributed by atoms with Crippen LogP contribution in [0.1, 0.15) is 5.56 Å². The summed E-state index contributed by atoms with van der Waals surface area (Å²) in [5.74, 6) is 0. The second kappa shape index (κ2) is 1.91. The highest BCUT2D eigenvalue weighted by Gasteiger charge is 2.07. The molecule has 0 fully saturated rings. The van der Waals surface area contributed by atoms with Crippen LogP contribution < -0.4 is 5.32 Å². The Kier molecular flexibility index (Phi) is 0.939. The zero-order chi connectivity index (χ0) is 7.97. The lowest BCUT2D eigenvalue weighted by molar-refractivity contribution is 1.22. The maximum Gasteiger partial charge on any atom is 0.0710 e. The van der Waals surface area contributed by atoms with E-state index in [4.69, 9.17) is 0 Å². The Labute approximate surface area is 69.9 Å². The van der Waals surface area contributed by atoms with Crippen molar-refractivity contribution in [2.75, 3.05) is 0 Å². The van der Waals surface area contributed by atoms with Gasteiger partial charge in [0.05, 0.1) is 5.69 Å². The zero-order valence-electron chi connectivity index (χ0n) is 6.41. The average molecular weight is 155 g/mol. The molecule has 0 spiro atoms.